The van der Waals surface area contributed by atoms with Gasteiger partial charge in [-0.1, -0.05) is 45.2 Å². The molecule has 0 aliphatic heterocycles. The average molecular weight is 338 g/mol. The second-order valence-electron chi connectivity index (χ2n) is 6.35. The normalized spacial score (nSPS) is 12.4. The molecule has 1 unspecified atom stereocenters. The number of hydrogen-bond acceptors (Lipinski definition) is 0. The zero-order chi connectivity index (χ0) is 17.7. The van der Waals surface area contributed by atoms with Gasteiger partial charge in [0, 0.05) is 5.56 Å². The molecule has 0 nitrogen and oxygen atoms in total. The Morgan fingerprint density at radius 2 is 1.54 bits per heavy atom. The Kier molecular flexibility index (Phi) is 6.41. The van der Waals surface area contributed by atoms with E-state index in [1.165, 1.54) is 18.6 Å². The summed E-state index contributed by atoms with van der Waals surface area (Å²) in [6.07, 6.45) is 5.17. The molecule has 0 N–H and O–H groups in total. The molecule has 0 aromatic heterocycles. The molecular weight excluding hydrogens is 316 g/mol. The predicted molar refractivity (Wildman–Crippen MR) is 88.7 cm³/mol. The molecule has 0 fully saturated rings. The van der Waals surface area contributed by atoms with E-state index in [4.69, 9.17) is 0 Å². The van der Waals surface area contributed by atoms with Crippen LogP contribution < -0.4 is 0 Å². The SMILES string of the molecule is CCCC(C)CCCc1ccc(-c2cc(F)c(F)c(F)c2)c(F)c1. The zero-order valence-corrected chi connectivity index (χ0v) is 14.0. The molecule has 0 saturated heterocycles. The predicted octanol–water partition coefficient (Wildman–Crippen LogP) is 6.67. The minimum atomic E-state index is -1.54. The van der Waals surface area contributed by atoms with E-state index in [9.17, 15) is 17.6 Å². The first kappa shape index (κ1) is 18.5. The van der Waals surface area contributed by atoms with Crippen LogP contribution in [0, 0.1) is 29.2 Å². The molecule has 0 aliphatic rings. The van der Waals surface area contributed by atoms with Crippen molar-refractivity contribution >= 4 is 0 Å². The summed E-state index contributed by atoms with van der Waals surface area (Å²) in [7, 11) is 0. The van der Waals surface area contributed by atoms with E-state index in [0.717, 1.165) is 43.4 Å². The molecule has 0 spiro atoms. The number of hydrogen-bond donors (Lipinski definition) is 0. The van der Waals surface area contributed by atoms with E-state index in [0.29, 0.717) is 5.92 Å². The summed E-state index contributed by atoms with van der Waals surface area (Å²) in [6, 6.07) is 6.25. The smallest absolute Gasteiger partial charge is 0.194 e. The van der Waals surface area contributed by atoms with Gasteiger partial charge in [-0.05, 0) is 48.1 Å². The van der Waals surface area contributed by atoms with Gasteiger partial charge in [0.2, 0.25) is 0 Å². The molecular formula is C20H22F4. The first-order valence-corrected chi connectivity index (χ1v) is 8.35. The highest BCUT2D eigenvalue weighted by molar-refractivity contribution is 5.64. The van der Waals surface area contributed by atoms with Gasteiger partial charge in [-0.25, -0.2) is 17.6 Å². The van der Waals surface area contributed by atoms with Gasteiger partial charge < -0.3 is 0 Å². The van der Waals surface area contributed by atoms with Crippen molar-refractivity contribution in [3.05, 3.63) is 59.2 Å². The molecule has 0 radical (unpaired) electrons. The molecule has 1 atom stereocenters. The lowest BCUT2D eigenvalue weighted by molar-refractivity contribution is 0.447. The van der Waals surface area contributed by atoms with Crippen molar-refractivity contribution in [3.63, 3.8) is 0 Å². The topological polar surface area (TPSA) is 0 Å². The number of halogens is 4. The zero-order valence-electron chi connectivity index (χ0n) is 14.0. The molecule has 0 aliphatic carbocycles. The number of benzene rings is 2. The lowest BCUT2D eigenvalue weighted by Gasteiger charge is -2.10. The van der Waals surface area contributed by atoms with Gasteiger partial charge in [-0.2, -0.15) is 0 Å². The molecule has 0 heterocycles. The van der Waals surface area contributed by atoms with Crippen LogP contribution in [0.15, 0.2) is 30.3 Å². The van der Waals surface area contributed by atoms with Gasteiger partial charge in [0.15, 0.2) is 17.5 Å². The van der Waals surface area contributed by atoms with E-state index in [1.807, 2.05) is 0 Å². The summed E-state index contributed by atoms with van der Waals surface area (Å²) < 4.78 is 53.9. The van der Waals surface area contributed by atoms with Crippen molar-refractivity contribution in [2.75, 3.05) is 0 Å². The van der Waals surface area contributed by atoms with Crippen LogP contribution in [0.5, 0.6) is 0 Å². The summed E-state index contributed by atoms with van der Waals surface area (Å²) >= 11 is 0. The Balaban J connectivity index is 2.10. The number of rotatable bonds is 7. The fraction of sp³-hybridized carbons (Fsp3) is 0.400. The molecule has 0 amide bonds. The molecule has 2 rings (SSSR count). The highest BCUT2D eigenvalue weighted by atomic mass is 19.2. The van der Waals surface area contributed by atoms with E-state index in [-0.39, 0.29) is 11.1 Å². The highest BCUT2D eigenvalue weighted by Crippen LogP contribution is 2.27. The summed E-state index contributed by atoms with van der Waals surface area (Å²) in [6.45, 7) is 4.37. The van der Waals surface area contributed by atoms with E-state index >= 15 is 0 Å². The molecule has 0 bridgehead atoms. The quantitative estimate of drug-likeness (QED) is 0.391. The fourth-order valence-electron chi connectivity index (χ4n) is 2.95. The second-order valence-corrected chi connectivity index (χ2v) is 6.35. The minimum absolute atomic E-state index is 0.00739. The van der Waals surface area contributed by atoms with Gasteiger partial charge in [0.1, 0.15) is 5.82 Å². The molecule has 2 aromatic carbocycles. The Bertz CT molecular complexity index is 671. The van der Waals surface area contributed by atoms with Crippen molar-refractivity contribution in [1.82, 2.24) is 0 Å². The molecule has 4 heteroatoms. The van der Waals surface area contributed by atoms with Gasteiger partial charge >= 0.3 is 0 Å². The van der Waals surface area contributed by atoms with Crippen molar-refractivity contribution in [2.45, 2.75) is 46.0 Å². The third-order valence-corrected chi connectivity index (χ3v) is 4.27. The Morgan fingerprint density at radius 3 is 2.12 bits per heavy atom. The van der Waals surface area contributed by atoms with E-state index in [1.54, 1.807) is 6.07 Å². The highest BCUT2D eigenvalue weighted by Gasteiger charge is 2.14. The third-order valence-electron chi connectivity index (χ3n) is 4.27. The lowest BCUT2D eigenvalue weighted by Crippen LogP contribution is -1.97. The molecule has 0 saturated carbocycles. The van der Waals surface area contributed by atoms with Crippen LogP contribution in [-0.2, 0) is 6.42 Å². The van der Waals surface area contributed by atoms with E-state index < -0.39 is 23.3 Å². The van der Waals surface area contributed by atoms with Crippen molar-refractivity contribution in [1.29, 1.82) is 0 Å². The monoisotopic (exact) mass is 338 g/mol. The maximum Gasteiger partial charge on any atom is 0.194 e. The van der Waals surface area contributed by atoms with Gasteiger partial charge in [-0.3, -0.25) is 0 Å². The largest absolute Gasteiger partial charge is 0.206 e. The van der Waals surface area contributed by atoms with E-state index in [2.05, 4.69) is 13.8 Å². The van der Waals surface area contributed by atoms with Crippen LogP contribution in [0.25, 0.3) is 11.1 Å². The maximum atomic E-state index is 14.3. The van der Waals surface area contributed by atoms with Crippen LogP contribution in [0.4, 0.5) is 17.6 Å². The average Bonchev–Trinajstić information content (AvgIpc) is 2.52. The first-order valence-electron chi connectivity index (χ1n) is 8.35. The van der Waals surface area contributed by atoms with Crippen LogP contribution in [0.3, 0.4) is 0 Å². The van der Waals surface area contributed by atoms with Gasteiger partial charge in [-0.15, -0.1) is 0 Å². The number of aryl methyl sites for hydroxylation is 1. The van der Waals surface area contributed by atoms with Crippen LogP contribution in [0.1, 0.15) is 45.1 Å². The summed E-state index contributed by atoms with van der Waals surface area (Å²) in [5, 5.41) is 0. The Morgan fingerprint density at radius 1 is 0.875 bits per heavy atom. The van der Waals surface area contributed by atoms with Crippen LogP contribution in [-0.4, -0.2) is 0 Å². The first-order chi connectivity index (χ1) is 11.4. The summed E-state index contributed by atoms with van der Waals surface area (Å²) in [5.74, 6) is -4.09. The Labute approximate surface area is 140 Å². The van der Waals surface area contributed by atoms with Gasteiger partial charge in [0.05, 0.1) is 0 Å². The molecule has 2 aromatic rings. The minimum Gasteiger partial charge on any atom is -0.206 e. The molecule has 130 valence electrons. The fourth-order valence-corrected chi connectivity index (χ4v) is 2.95. The summed E-state index contributed by atoms with van der Waals surface area (Å²) in [5.41, 5.74) is 0.908. The van der Waals surface area contributed by atoms with Crippen LogP contribution >= 0.6 is 0 Å². The standard InChI is InChI=1S/C20H22F4/c1-3-5-13(2)6-4-7-14-8-9-16(17(21)10-14)15-11-18(22)20(24)19(23)12-15/h8-13H,3-7H2,1-2H3. The third kappa shape index (κ3) is 4.59. The Hall–Kier alpha value is -1.84. The maximum absolute atomic E-state index is 14.3. The second kappa shape index (κ2) is 8.32. The van der Waals surface area contributed by atoms with Crippen LogP contribution in [0.2, 0.25) is 0 Å². The van der Waals surface area contributed by atoms with Crippen molar-refractivity contribution < 1.29 is 17.6 Å². The lowest BCUT2D eigenvalue weighted by atomic mass is 9.96. The van der Waals surface area contributed by atoms with Crippen molar-refractivity contribution in [2.24, 2.45) is 5.92 Å². The summed E-state index contributed by atoms with van der Waals surface area (Å²) in [4.78, 5) is 0. The van der Waals surface area contributed by atoms with Gasteiger partial charge in [0.25, 0.3) is 0 Å². The molecule has 24 heavy (non-hydrogen) atoms. The van der Waals surface area contributed by atoms with Crippen molar-refractivity contribution in [3.8, 4) is 11.1 Å².